The van der Waals surface area contributed by atoms with E-state index >= 15 is 0 Å². The molecule has 0 atom stereocenters. The van der Waals surface area contributed by atoms with E-state index in [0.29, 0.717) is 0 Å². The number of ether oxygens (including phenoxy) is 1. The average Bonchev–Trinajstić information content (AvgIpc) is 2.53. The van der Waals surface area contributed by atoms with Gasteiger partial charge in [-0.25, -0.2) is 0 Å². The average molecular weight is 170 g/mol. The second-order valence-corrected chi connectivity index (χ2v) is 3.11. The number of nitrogens with zero attached hydrogens (tertiary/aromatic N) is 2. The fourth-order valence-corrected chi connectivity index (χ4v) is 1.33. The standard InChI is InChI=1S/C9H18N2O/c1-3-4-5-7-11-8-6-9(10-11)12-2/h3-8H2,1-2H3. The molecule has 1 aliphatic heterocycles. The molecular formula is C9H18N2O. The monoisotopic (exact) mass is 170 g/mol. The van der Waals surface area contributed by atoms with Crippen LogP contribution in [0.25, 0.3) is 0 Å². The van der Waals surface area contributed by atoms with E-state index in [0.717, 1.165) is 25.4 Å². The minimum absolute atomic E-state index is 0.881. The van der Waals surface area contributed by atoms with Gasteiger partial charge in [0.25, 0.3) is 0 Å². The van der Waals surface area contributed by atoms with Gasteiger partial charge in [0.15, 0.2) is 0 Å². The van der Waals surface area contributed by atoms with Crippen molar-refractivity contribution in [1.29, 1.82) is 0 Å². The van der Waals surface area contributed by atoms with Crippen LogP contribution in [0, 0.1) is 0 Å². The summed E-state index contributed by atoms with van der Waals surface area (Å²) in [5.41, 5.74) is 0. The summed E-state index contributed by atoms with van der Waals surface area (Å²) in [4.78, 5) is 0. The maximum Gasteiger partial charge on any atom is 0.207 e. The number of hydrazone groups is 1. The number of rotatable bonds is 4. The normalized spacial score (nSPS) is 16.5. The Hall–Kier alpha value is -0.730. The van der Waals surface area contributed by atoms with E-state index in [2.05, 4.69) is 17.0 Å². The molecule has 0 amide bonds. The molecule has 0 aromatic carbocycles. The minimum atomic E-state index is 0.881. The Balaban J connectivity index is 2.14. The summed E-state index contributed by atoms with van der Waals surface area (Å²) in [5.74, 6) is 0.881. The van der Waals surface area contributed by atoms with E-state index < -0.39 is 0 Å². The van der Waals surface area contributed by atoms with Crippen LogP contribution in [0.3, 0.4) is 0 Å². The summed E-state index contributed by atoms with van der Waals surface area (Å²) < 4.78 is 5.06. The van der Waals surface area contributed by atoms with Crippen molar-refractivity contribution in [1.82, 2.24) is 5.01 Å². The van der Waals surface area contributed by atoms with E-state index in [9.17, 15) is 0 Å². The van der Waals surface area contributed by atoms with Crippen LogP contribution in [-0.2, 0) is 4.74 Å². The molecule has 12 heavy (non-hydrogen) atoms. The zero-order valence-corrected chi connectivity index (χ0v) is 8.05. The Kier molecular flexibility index (Phi) is 3.91. The zero-order chi connectivity index (χ0) is 8.81. The lowest BCUT2D eigenvalue weighted by atomic mass is 10.2. The lowest BCUT2D eigenvalue weighted by molar-refractivity contribution is 0.307. The van der Waals surface area contributed by atoms with Crippen molar-refractivity contribution in [2.24, 2.45) is 5.10 Å². The molecule has 0 aliphatic carbocycles. The maximum atomic E-state index is 5.06. The van der Waals surface area contributed by atoms with Gasteiger partial charge in [-0.15, -0.1) is 5.10 Å². The second kappa shape index (κ2) is 5.01. The van der Waals surface area contributed by atoms with Gasteiger partial charge in [-0.05, 0) is 6.42 Å². The Bertz CT molecular complexity index is 157. The molecule has 1 aliphatic rings. The molecular weight excluding hydrogens is 152 g/mol. The molecule has 1 heterocycles. The lowest BCUT2D eigenvalue weighted by Gasteiger charge is -2.11. The van der Waals surface area contributed by atoms with Crippen LogP contribution < -0.4 is 0 Å². The van der Waals surface area contributed by atoms with Crippen LogP contribution in [0.4, 0.5) is 0 Å². The third-order valence-electron chi connectivity index (χ3n) is 2.09. The van der Waals surface area contributed by atoms with E-state index in [1.807, 2.05) is 0 Å². The first-order valence-corrected chi connectivity index (χ1v) is 4.73. The number of hydrogen-bond acceptors (Lipinski definition) is 3. The van der Waals surface area contributed by atoms with Gasteiger partial charge in [-0.1, -0.05) is 19.8 Å². The van der Waals surface area contributed by atoms with Gasteiger partial charge in [0.05, 0.1) is 7.11 Å². The molecule has 3 heteroatoms. The van der Waals surface area contributed by atoms with Gasteiger partial charge in [0, 0.05) is 19.5 Å². The molecule has 0 unspecified atom stereocenters. The molecule has 70 valence electrons. The van der Waals surface area contributed by atoms with Crippen molar-refractivity contribution in [3.8, 4) is 0 Å². The van der Waals surface area contributed by atoms with Crippen molar-refractivity contribution in [2.45, 2.75) is 32.6 Å². The Morgan fingerprint density at radius 1 is 1.50 bits per heavy atom. The molecule has 0 radical (unpaired) electrons. The number of hydrogen-bond donors (Lipinski definition) is 0. The first kappa shape index (κ1) is 9.36. The van der Waals surface area contributed by atoms with Crippen LogP contribution >= 0.6 is 0 Å². The van der Waals surface area contributed by atoms with E-state index in [1.165, 1.54) is 19.3 Å². The SMILES string of the molecule is CCCCCN1CCC(OC)=N1. The predicted octanol–water partition coefficient (Wildman–Crippen LogP) is 1.84. The fraction of sp³-hybridized carbons (Fsp3) is 0.889. The largest absolute Gasteiger partial charge is 0.483 e. The molecule has 1 rings (SSSR count). The van der Waals surface area contributed by atoms with E-state index in [-0.39, 0.29) is 0 Å². The van der Waals surface area contributed by atoms with Crippen LogP contribution in [0.5, 0.6) is 0 Å². The third-order valence-corrected chi connectivity index (χ3v) is 2.09. The molecule has 0 saturated heterocycles. The Morgan fingerprint density at radius 2 is 2.33 bits per heavy atom. The summed E-state index contributed by atoms with van der Waals surface area (Å²) in [5, 5.41) is 6.41. The summed E-state index contributed by atoms with van der Waals surface area (Å²) >= 11 is 0. The summed E-state index contributed by atoms with van der Waals surface area (Å²) in [6, 6.07) is 0. The molecule has 0 bridgehead atoms. The van der Waals surface area contributed by atoms with Gasteiger partial charge in [0.2, 0.25) is 5.90 Å². The van der Waals surface area contributed by atoms with Crippen molar-refractivity contribution < 1.29 is 4.74 Å². The topological polar surface area (TPSA) is 24.8 Å². The van der Waals surface area contributed by atoms with Crippen molar-refractivity contribution >= 4 is 5.90 Å². The number of methoxy groups -OCH3 is 1. The zero-order valence-electron chi connectivity index (χ0n) is 8.05. The highest BCUT2D eigenvalue weighted by Gasteiger charge is 2.13. The van der Waals surface area contributed by atoms with Gasteiger partial charge in [-0.2, -0.15) is 0 Å². The first-order valence-electron chi connectivity index (χ1n) is 4.73. The highest BCUT2D eigenvalue weighted by molar-refractivity contribution is 5.77. The van der Waals surface area contributed by atoms with Gasteiger partial charge in [-0.3, -0.25) is 5.01 Å². The Morgan fingerprint density at radius 3 is 2.92 bits per heavy atom. The van der Waals surface area contributed by atoms with Crippen molar-refractivity contribution in [3.05, 3.63) is 0 Å². The fourth-order valence-electron chi connectivity index (χ4n) is 1.33. The highest BCUT2D eigenvalue weighted by atomic mass is 16.5. The van der Waals surface area contributed by atoms with Crippen molar-refractivity contribution in [2.75, 3.05) is 20.2 Å². The van der Waals surface area contributed by atoms with Crippen LogP contribution in [0.1, 0.15) is 32.6 Å². The van der Waals surface area contributed by atoms with Gasteiger partial charge < -0.3 is 4.74 Å². The maximum absolute atomic E-state index is 5.06. The lowest BCUT2D eigenvalue weighted by Crippen LogP contribution is -2.15. The quantitative estimate of drug-likeness (QED) is 0.601. The summed E-state index contributed by atoms with van der Waals surface area (Å²) in [6.07, 6.45) is 4.79. The number of unbranched alkanes of at least 4 members (excludes halogenated alkanes) is 2. The van der Waals surface area contributed by atoms with E-state index in [4.69, 9.17) is 4.74 Å². The summed E-state index contributed by atoms with van der Waals surface area (Å²) in [7, 11) is 1.69. The second-order valence-electron chi connectivity index (χ2n) is 3.11. The molecule has 3 nitrogen and oxygen atoms in total. The molecule has 0 saturated carbocycles. The third kappa shape index (κ3) is 2.72. The smallest absolute Gasteiger partial charge is 0.207 e. The molecule has 0 aromatic heterocycles. The molecule has 0 fully saturated rings. The van der Waals surface area contributed by atoms with Crippen LogP contribution in [0.15, 0.2) is 5.10 Å². The first-order chi connectivity index (χ1) is 5.86. The minimum Gasteiger partial charge on any atom is -0.483 e. The van der Waals surface area contributed by atoms with Crippen LogP contribution in [-0.4, -0.2) is 31.1 Å². The van der Waals surface area contributed by atoms with E-state index in [1.54, 1.807) is 7.11 Å². The molecule has 0 spiro atoms. The Labute approximate surface area is 74.4 Å². The molecule has 0 aromatic rings. The summed E-state index contributed by atoms with van der Waals surface area (Å²) in [6.45, 7) is 4.33. The van der Waals surface area contributed by atoms with Gasteiger partial charge in [0.1, 0.15) is 0 Å². The van der Waals surface area contributed by atoms with Crippen LogP contribution in [0.2, 0.25) is 0 Å². The predicted molar refractivity (Wildman–Crippen MR) is 50.2 cm³/mol. The van der Waals surface area contributed by atoms with Crippen molar-refractivity contribution in [3.63, 3.8) is 0 Å². The molecule has 0 N–H and O–H groups in total. The highest BCUT2D eigenvalue weighted by Crippen LogP contribution is 2.08. The van der Waals surface area contributed by atoms with Gasteiger partial charge >= 0.3 is 0 Å².